The largest absolute Gasteiger partial charge is 0.490 e. The highest BCUT2D eigenvalue weighted by molar-refractivity contribution is 5.80. The standard InChI is InChI=1S/C23H34N2O5/c1-5-29-19-13-17-9-12-25(21(26)15-24(3)4)23(18(17)14-20(19)30-6-2)10-7-16(8-11-23)22(27)28/h13-14,16H,5-12,15H2,1-4H3,(H,27,28)/t16-,23+. The summed E-state index contributed by atoms with van der Waals surface area (Å²) < 4.78 is 11.7. The molecule has 166 valence electrons. The Labute approximate surface area is 178 Å². The van der Waals surface area contributed by atoms with Crippen LogP contribution in [0.15, 0.2) is 12.1 Å². The first-order valence-corrected chi connectivity index (χ1v) is 10.9. The number of carbonyl (C=O) groups is 2. The lowest BCUT2D eigenvalue weighted by Gasteiger charge is -2.51. The van der Waals surface area contributed by atoms with E-state index in [0.717, 1.165) is 17.7 Å². The summed E-state index contributed by atoms with van der Waals surface area (Å²) in [5, 5.41) is 9.50. The van der Waals surface area contributed by atoms with Crippen LogP contribution in [-0.4, -0.2) is 67.2 Å². The number of hydrogen-bond acceptors (Lipinski definition) is 5. The van der Waals surface area contributed by atoms with Gasteiger partial charge in [0.05, 0.1) is 31.2 Å². The fourth-order valence-corrected chi connectivity index (χ4v) is 4.97. The number of nitrogens with zero attached hydrogens (tertiary/aromatic N) is 2. The molecule has 1 amide bonds. The van der Waals surface area contributed by atoms with Gasteiger partial charge in [0.2, 0.25) is 5.91 Å². The zero-order valence-electron chi connectivity index (χ0n) is 18.6. The zero-order valence-corrected chi connectivity index (χ0v) is 18.6. The SMILES string of the molecule is CCOc1cc2c(cc1OCC)[C@]1(CC[C@H](C(=O)O)CC1)N(C(=O)CN(C)C)CC2. The number of carboxylic acids is 1. The van der Waals surface area contributed by atoms with E-state index in [4.69, 9.17) is 9.47 Å². The molecule has 0 saturated heterocycles. The summed E-state index contributed by atoms with van der Waals surface area (Å²) in [7, 11) is 3.79. The monoisotopic (exact) mass is 418 g/mol. The van der Waals surface area contributed by atoms with Crippen molar-refractivity contribution in [1.82, 2.24) is 9.80 Å². The van der Waals surface area contributed by atoms with Crippen LogP contribution < -0.4 is 9.47 Å². The van der Waals surface area contributed by atoms with Gasteiger partial charge in [-0.15, -0.1) is 0 Å². The summed E-state index contributed by atoms with van der Waals surface area (Å²) >= 11 is 0. The van der Waals surface area contributed by atoms with Crippen molar-refractivity contribution in [2.24, 2.45) is 5.92 Å². The molecular weight excluding hydrogens is 384 g/mol. The van der Waals surface area contributed by atoms with Gasteiger partial charge in [0.1, 0.15) is 0 Å². The predicted molar refractivity (Wildman–Crippen MR) is 114 cm³/mol. The Morgan fingerprint density at radius 3 is 2.27 bits per heavy atom. The molecule has 30 heavy (non-hydrogen) atoms. The number of ether oxygens (including phenoxy) is 2. The Morgan fingerprint density at radius 2 is 1.73 bits per heavy atom. The summed E-state index contributed by atoms with van der Waals surface area (Å²) in [4.78, 5) is 28.7. The lowest BCUT2D eigenvalue weighted by molar-refractivity contribution is -0.147. The molecule has 1 aromatic rings. The summed E-state index contributed by atoms with van der Waals surface area (Å²) in [6, 6.07) is 4.10. The van der Waals surface area contributed by atoms with Gasteiger partial charge in [-0.2, -0.15) is 0 Å². The first-order chi connectivity index (χ1) is 14.3. The van der Waals surface area contributed by atoms with Crippen LogP contribution in [0.2, 0.25) is 0 Å². The van der Waals surface area contributed by atoms with Crippen LogP contribution >= 0.6 is 0 Å². The van der Waals surface area contributed by atoms with Crippen molar-refractivity contribution in [2.45, 2.75) is 51.5 Å². The van der Waals surface area contributed by atoms with E-state index in [1.807, 2.05) is 43.8 Å². The minimum atomic E-state index is -0.742. The second-order valence-electron chi connectivity index (χ2n) is 8.50. The molecule has 7 nitrogen and oxygen atoms in total. The Morgan fingerprint density at radius 1 is 1.13 bits per heavy atom. The average molecular weight is 419 g/mol. The molecule has 1 aliphatic heterocycles. The van der Waals surface area contributed by atoms with Crippen LogP contribution in [-0.2, 0) is 21.5 Å². The van der Waals surface area contributed by atoms with Gasteiger partial charge in [0.15, 0.2) is 11.5 Å². The highest BCUT2D eigenvalue weighted by atomic mass is 16.5. The Bertz CT molecular complexity index is 784. The molecule has 1 aliphatic carbocycles. The van der Waals surface area contributed by atoms with Crippen LogP contribution in [0.1, 0.15) is 50.7 Å². The van der Waals surface area contributed by atoms with Crippen LogP contribution in [0.5, 0.6) is 11.5 Å². The zero-order chi connectivity index (χ0) is 21.9. The summed E-state index contributed by atoms with van der Waals surface area (Å²) in [5.41, 5.74) is 1.78. The maximum absolute atomic E-state index is 13.2. The minimum absolute atomic E-state index is 0.0891. The van der Waals surface area contributed by atoms with Gasteiger partial charge in [-0.05, 0) is 83.3 Å². The van der Waals surface area contributed by atoms with Crippen molar-refractivity contribution in [1.29, 1.82) is 0 Å². The van der Waals surface area contributed by atoms with E-state index in [1.54, 1.807) is 0 Å². The molecular formula is C23H34N2O5. The number of carbonyl (C=O) groups excluding carboxylic acids is 1. The highest BCUT2D eigenvalue weighted by Crippen LogP contribution is 2.50. The van der Waals surface area contributed by atoms with Gasteiger partial charge in [-0.1, -0.05) is 0 Å². The lowest BCUT2D eigenvalue weighted by atomic mass is 9.68. The van der Waals surface area contributed by atoms with Gasteiger partial charge in [-0.3, -0.25) is 9.59 Å². The second kappa shape index (κ2) is 9.25. The Hall–Kier alpha value is -2.28. The Balaban J connectivity index is 2.06. The minimum Gasteiger partial charge on any atom is -0.490 e. The number of carboxylic acid groups (broad SMARTS) is 1. The summed E-state index contributed by atoms with van der Waals surface area (Å²) in [6.45, 7) is 5.95. The molecule has 2 aliphatic rings. The van der Waals surface area contributed by atoms with Crippen LogP contribution in [0, 0.1) is 5.92 Å². The Kier molecular flexibility index (Phi) is 6.91. The van der Waals surface area contributed by atoms with Crippen LogP contribution in [0.3, 0.4) is 0 Å². The second-order valence-corrected chi connectivity index (χ2v) is 8.50. The summed E-state index contributed by atoms with van der Waals surface area (Å²) in [5.74, 6) is 0.432. The molecule has 0 unspecified atom stereocenters. The molecule has 0 aromatic heterocycles. The van der Waals surface area contributed by atoms with Crippen molar-refractivity contribution in [3.63, 3.8) is 0 Å². The van der Waals surface area contributed by atoms with E-state index in [2.05, 4.69) is 6.07 Å². The van der Waals surface area contributed by atoms with Gasteiger partial charge in [-0.25, -0.2) is 0 Å². The van der Waals surface area contributed by atoms with E-state index in [1.165, 1.54) is 5.56 Å². The third-order valence-corrected chi connectivity index (χ3v) is 6.31. The molecule has 1 aromatic carbocycles. The quantitative estimate of drug-likeness (QED) is 0.734. The number of fused-ring (bicyclic) bond motifs is 2. The molecule has 1 spiro atoms. The fraction of sp³-hybridized carbons (Fsp3) is 0.652. The molecule has 1 fully saturated rings. The van der Waals surface area contributed by atoms with Crippen molar-refractivity contribution in [2.75, 3.05) is 40.4 Å². The lowest BCUT2D eigenvalue weighted by Crippen LogP contribution is -2.57. The number of likely N-dealkylation sites (N-methyl/N-ethyl adjacent to an activating group) is 1. The van der Waals surface area contributed by atoms with E-state index < -0.39 is 11.5 Å². The van der Waals surface area contributed by atoms with E-state index in [9.17, 15) is 14.7 Å². The van der Waals surface area contributed by atoms with Crippen molar-refractivity contribution < 1.29 is 24.2 Å². The molecule has 1 N–H and O–H groups in total. The van der Waals surface area contributed by atoms with Crippen molar-refractivity contribution in [3.05, 3.63) is 23.3 Å². The van der Waals surface area contributed by atoms with E-state index >= 15 is 0 Å². The average Bonchev–Trinajstić information content (AvgIpc) is 2.69. The number of aliphatic carboxylic acids is 1. The smallest absolute Gasteiger partial charge is 0.306 e. The maximum atomic E-state index is 13.2. The highest BCUT2D eigenvalue weighted by Gasteiger charge is 2.48. The molecule has 1 heterocycles. The summed E-state index contributed by atoms with van der Waals surface area (Å²) in [6.07, 6.45) is 3.19. The fourth-order valence-electron chi connectivity index (χ4n) is 4.97. The molecule has 7 heteroatoms. The van der Waals surface area contributed by atoms with Gasteiger partial charge >= 0.3 is 5.97 Å². The van der Waals surface area contributed by atoms with E-state index in [-0.39, 0.29) is 11.8 Å². The molecule has 1 saturated carbocycles. The van der Waals surface area contributed by atoms with Crippen molar-refractivity contribution >= 4 is 11.9 Å². The third-order valence-electron chi connectivity index (χ3n) is 6.31. The first kappa shape index (κ1) is 22.4. The molecule has 0 bridgehead atoms. The third kappa shape index (κ3) is 4.26. The topological polar surface area (TPSA) is 79.3 Å². The molecule has 0 radical (unpaired) electrons. The van der Waals surface area contributed by atoms with Crippen LogP contribution in [0.25, 0.3) is 0 Å². The number of hydrogen-bond donors (Lipinski definition) is 1. The number of benzene rings is 1. The number of rotatable bonds is 7. The van der Waals surface area contributed by atoms with Gasteiger partial charge in [0.25, 0.3) is 0 Å². The predicted octanol–water partition coefficient (Wildman–Crippen LogP) is 2.90. The van der Waals surface area contributed by atoms with Crippen molar-refractivity contribution in [3.8, 4) is 11.5 Å². The molecule has 0 atom stereocenters. The molecule has 3 rings (SSSR count). The van der Waals surface area contributed by atoms with Gasteiger partial charge < -0.3 is 24.4 Å². The normalized spacial score (nSPS) is 23.4. The van der Waals surface area contributed by atoms with Gasteiger partial charge in [0, 0.05) is 6.54 Å². The first-order valence-electron chi connectivity index (χ1n) is 10.9. The maximum Gasteiger partial charge on any atom is 0.306 e. The number of amides is 1. The van der Waals surface area contributed by atoms with Crippen LogP contribution in [0.4, 0.5) is 0 Å². The van der Waals surface area contributed by atoms with E-state index in [0.29, 0.717) is 57.7 Å².